The second-order valence-electron chi connectivity index (χ2n) is 6.39. The van der Waals surface area contributed by atoms with E-state index in [9.17, 15) is 4.79 Å². The Morgan fingerprint density at radius 1 is 0.842 bits per heavy atom. The topological polar surface area (TPSA) is 35.6 Å². The van der Waals surface area contributed by atoms with Crippen molar-refractivity contribution in [1.82, 2.24) is 15.1 Å². The number of hydrogen-bond donors (Lipinski definition) is 1. The number of carbonyl (C=O) groups is 1. The minimum absolute atomic E-state index is 0.169. The van der Waals surface area contributed by atoms with Gasteiger partial charge in [0.2, 0.25) is 0 Å². The largest absolute Gasteiger partial charge is 0.335 e. The predicted molar refractivity (Wildman–Crippen MR) is 76.2 cm³/mol. The highest BCUT2D eigenvalue weighted by Gasteiger charge is 2.29. The zero-order valence-corrected chi connectivity index (χ0v) is 11.9. The van der Waals surface area contributed by atoms with Crippen molar-refractivity contribution in [1.29, 1.82) is 0 Å². The fourth-order valence-corrected chi connectivity index (χ4v) is 3.41. The molecule has 0 bridgehead atoms. The van der Waals surface area contributed by atoms with Crippen LogP contribution in [0.4, 0.5) is 4.79 Å². The van der Waals surface area contributed by atoms with Crippen molar-refractivity contribution >= 4 is 6.03 Å². The molecule has 3 aliphatic rings. The highest BCUT2D eigenvalue weighted by molar-refractivity contribution is 5.75. The fourth-order valence-electron chi connectivity index (χ4n) is 3.41. The SMILES string of the molecule is O=C(NC1CC1)N1CCN(C2CCCCCC2)CC1. The van der Waals surface area contributed by atoms with Gasteiger partial charge in [-0.1, -0.05) is 25.7 Å². The van der Waals surface area contributed by atoms with Crippen LogP contribution in [0.3, 0.4) is 0 Å². The third kappa shape index (κ3) is 3.62. The lowest BCUT2D eigenvalue weighted by atomic mass is 10.1. The van der Waals surface area contributed by atoms with Gasteiger partial charge in [0.1, 0.15) is 0 Å². The third-order valence-electron chi connectivity index (χ3n) is 4.85. The number of urea groups is 1. The van der Waals surface area contributed by atoms with Crippen LogP contribution in [0.2, 0.25) is 0 Å². The zero-order chi connectivity index (χ0) is 13.1. The maximum Gasteiger partial charge on any atom is 0.317 e. The van der Waals surface area contributed by atoms with Gasteiger partial charge >= 0.3 is 6.03 Å². The van der Waals surface area contributed by atoms with Crippen molar-refractivity contribution in [3.05, 3.63) is 0 Å². The van der Waals surface area contributed by atoms with E-state index in [0.29, 0.717) is 6.04 Å². The lowest BCUT2D eigenvalue weighted by molar-refractivity contribution is 0.101. The molecule has 19 heavy (non-hydrogen) atoms. The van der Waals surface area contributed by atoms with Crippen LogP contribution in [0.25, 0.3) is 0 Å². The summed E-state index contributed by atoms with van der Waals surface area (Å²) in [6.45, 7) is 3.97. The molecule has 0 spiro atoms. The second kappa shape index (κ2) is 6.12. The quantitative estimate of drug-likeness (QED) is 0.777. The summed E-state index contributed by atoms with van der Waals surface area (Å²) in [5.41, 5.74) is 0. The van der Waals surface area contributed by atoms with Crippen LogP contribution < -0.4 is 5.32 Å². The van der Waals surface area contributed by atoms with E-state index in [-0.39, 0.29) is 6.03 Å². The molecule has 0 atom stereocenters. The van der Waals surface area contributed by atoms with Gasteiger partial charge in [0.05, 0.1) is 0 Å². The molecule has 0 radical (unpaired) electrons. The molecular formula is C15H27N3O. The molecule has 1 N–H and O–H groups in total. The van der Waals surface area contributed by atoms with E-state index < -0.39 is 0 Å². The van der Waals surface area contributed by atoms with Crippen LogP contribution in [0.15, 0.2) is 0 Å². The summed E-state index contributed by atoms with van der Waals surface area (Å²) in [5, 5.41) is 3.10. The Morgan fingerprint density at radius 2 is 1.47 bits per heavy atom. The van der Waals surface area contributed by atoms with E-state index in [4.69, 9.17) is 0 Å². The molecule has 4 heteroatoms. The van der Waals surface area contributed by atoms with E-state index in [2.05, 4.69) is 10.2 Å². The Labute approximate surface area is 116 Å². The fraction of sp³-hybridized carbons (Fsp3) is 0.933. The van der Waals surface area contributed by atoms with Gasteiger partial charge in [0.25, 0.3) is 0 Å². The normalized spacial score (nSPS) is 27.1. The Kier molecular flexibility index (Phi) is 4.26. The highest BCUT2D eigenvalue weighted by Crippen LogP contribution is 2.23. The number of nitrogens with zero attached hydrogens (tertiary/aromatic N) is 2. The number of rotatable bonds is 2. The van der Waals surface area contributed by atoms with E-state index >= 15 is 0 Å². The number of carbonyl (C=O) groups excluding carboxylic acids is 1. The number of amides is 2. The van der Waals surface area contributed by atoms with Gasteiger partial charge in [-0.05, 0) is 25.7 Å². The molecule has 0 aromatic heterocycles. The highest BCUT2D eigenvalue weighted by atomic mass is 16.2. The van der Waals surface area contributed by atoms with Crippen molar-refractivity contribution in [2.45, 2.75) is 63.5 Å². The summed E-state index contributed by atoms with van der Waals surface area (Å²) in [7, 11) is 0. The lowest BCUT2D eigenvalue weighted by Gasteiger charge is -2.39. The van der Waals surface area contributed by atoms with Crippen molar-refractivity contribution in [2.24, 2.45) is 0 Å². The lowest BCUT2D eigenvalue weighted by Crippen LogP contribution is -2.54. The van der Waals surface area contributed by atoms with Crippen molar-refractivity contribution in [2.75, 3.05) is 26.2 Å². The van der Waals surface area contributed by atoms with Gasteiger partial charge in [-0.3, -0.25) is 4.90 Å². The van der Waals surface area contributed by atoms with Gasteiger partial charge in [-0.2, -0.15) is 0 Å². The minimum atomic E-state index is 0.169. The number of hydrogen-bond acceptors (Lipinski definition) is 2. The zero-order valence-electron chi connectivity index (χ0n) is 11.9. The van der Waals surface area contributed by atoms with Crippen molar-refractivity contribution in [3.8, 4) is 0 Å². The van der Waals surface area contributed by atoms with E-state index in [1.54, 1.807) is 0 Å². The average Bonchev–Trinajstić information content (AvgIpc) is 3.25. The molecular weight excluding hydrogens is 238 g/mol. The molecule has 4 nitrogen and oxygen atoms in total. The van der Waals surface area contributed by atoms with Gasteiger partial charge < -0.3 is 10.2 Å². The Balaban J connectivity index is 1.44. The smallest absolute Gasteiger partial charge is 0.317 e. The van der Waals surface area contributed by atoms with Crippen LogP contribution in [-0.4, -0.2) is 54.1 Å². The average molecular weight is 265 g/mol. The Bertz CT molecular complexity index is 301. The molecule has 3 fully saturated rings. The molecule has 0 aromatic carbocycles. The van der Waals surface area contributed by atoms with Crippen LogP contribution in [-0.2, 0) is 0 Å². The van der Waals surface area contributed by atoms with Gasteiger partial charge in [-0.25, -0.2) is 4.79 Å². The van der Waals surface area contributed by atoms with E-state index in [0.717, 1.165) is 32.2 Å². The third-order valence-corrected chi connectivity index (χ3v) is 4.85. The summed E-state index contributed by atoms with van der Waals surface area (Å²) in [5.74, 6) is 0. The number of nitrogens with one attached hydrogen (secondary N) is 1. The van der Waals surface area contributed by atoms with Gasteiger partial charge in [0.15, 0.2) is 0 Å². The maximum atomic E-state index is 12.0. The first-order valence-corrected chi connectivity index (χ1v) is 8.12. The minimum Gasteiger partial charge on any atom is -0.335 e. The molecule has 1 heterocycles. The van der Waals surface area contributed by atoms with Gasteiger partial charge in [-0.15, -0.1) is 0 Å². The van der Waals surface area contributed by atoms with Crippen molar-refractivity contribution < 1.29 is 4.79 Å². The van der Waals surface area contributed by atoms with Crippen LogP contribution in [0, 0.1) is 0 Å². The maximum absolute atomic E-state index is 12.0. The molecule has 108 valence electrons. The molecule has 0 unspecified atom stereocenters. The molecule has 2 aliphatic carbocycles. The van der Waals surface area contributed by atoms with Crippen LogP contribution >= 0.6 is 0 Å². The molecule has 1 aliphatic heterocycles. The van der Waals surface area contributed by atoms with Crippen LogP contribution in [0.1, 0.15) is 51.4 Å². The molecule has 2 saturated carbocycles. The van der Waals surface area contributed by atoms with E-state index in [1.165, 1.54) is 51.4 Å². The Morgan fingerprint density at radius 3 is 2.05 bits per heavy atom. The monoisotopic (exact) mass is 265 g/mol. The van der Waals surface area contributed by atoms with Crippen molar-refractivity contribution in [3.63, 3.8) is 0 Å². The summed E-state index contributed by atoms with van der Waals surface area (Å²) < 4.78 is 0. The first kappa shape index (κ1) is 13.2. The summed E-state index contributed by atoms with van der Waals surface area (Å²) in [6.07, 6.45) is 10.7. The standard InChI is InChI=1S/C15H27N3O/c19-15(16-13-7-8-13)18-11-9-17(10-12-18)14-5-3-1-2-4-6-14/h13-14H,1-12H2,(H,16,19). The molecule has 2 amide bonds. The van der Waals surface area contributed by atoms with Gasteiger partial charge in [0, 0.05) is 38.3 Å². The Hall–Kier alpha value is -0.770. The predicted octanol–water partition coefficient (Wildman–Crippen LogP) is 2.20. The number of piperazine rings is 1. The molecule has 1 saturated heterocycles. The summed E-state index contributed by atoms with van der Waals surface area (Å²) >= 11 is 0. The first-order chi connectivity index (χ1) is 9.33. The molecule has 3 rings (SSSR count). The second-order valence-corrected chi connectivity index (χ2v) is 6.39. The summed E-state index contributed by atoms with van der Waals surface area (Å²) in [4.78, 5) is 16.6. The molecule has 0 aromatic rings. The van der Waals surface area contributed by atoms with E-state index in [1.807, 2.05) is 4.90 Å². The summed E-state index contributed by atoms with van der Waals surface area (Å²) in [6, 6.07) is 1.44. The van der Waals surface area contributed by atoms with Crippen LogP contribution in [0.5, 0.6) is 0 Å². The first-order valence-electron chi connectivity index (χ1n) is 8.12.